The zero-order valence-corrected chi connectivity index (χ0v) is 15.5. The highest BCUT2D eigenvalue weighted by molar-refractivity contribution is 7.19. The van der Waals surface area contributed by atoms with Crippen molar-refractivity contribution in [3.63, 3.8) is 0 Å². The maximum Gasteiger partial charge on any atom is 0.405 e. The second-order valence-corrected chi connectivity index (χ2v) is 7.00. The molecule has 1 amide bonds. The molecule has 0 saturated carbocycles. The number of carboxylic acid groups (broad SMARTS) is 1. The highest BCUT2D eigenvalue weighted by atomic mass is 32.1. The van der Waals surface area contributed by atoms with E-state index in [-0.39, 0.29) is 6.04 Å². The Labute approximate surface area is 156 Å². The topological polar surface area (TPSA) is 67.8 Å². The van der Waals surface area contributed by atoms with Crippen molar-refractivity contribution in [1.29, 1.82) is 0 Å². The third-order valence-electron chi connectivity index (χ3n) is 3.91. The van der Waals surface area contributed by atoms with Crippen molar-refractivity contribution in [3.05, 3.63) is 59.0 Å². The fraction of sp³-hybridized carbons (Fsp3) is 0.250. The number of hydrogen-bond donors (Lipinski definition) is 2. The molecule has 3 aromatic rings. The van der Waals surface area contributed by atoms with Gasteiger partial charge in [-0.2, -0.15) is 0 Å². The van der Waals surface area contributed by atoms with Gasteiger partial charge in [0, 0.05) is 9.58 Å². The lowest BCUT2D eigenvalue weighted by molar-refractivity contribution is 0.191. The van der Waals surface area contributed by atoms with E-state index in [1.165, 1.54) is 0 Å². The normalized spacial score (nSPS) is 11.9. The smallest absolute Gasteiger partial charge is 0.405 e. The molecule has 5 nitrogen and oxygen atoms in total. The van der Waals surface area contributed by atoms with Crippen LogP contribution >= 0.6 is 11.3 Å². The number of ether oxygens (including phenoxy) is 2. The minimum absolute atomic E-state index is 0.228. The highest BCUT2D eigenvalue weighted by Gasteiger charge is 2.12. The number of benzene rings is 2. The molecule has 2 N–H and O–H groups in total. The van der Waals surface area contributed by atoms with Gasteiger partial charge in [-0.25, -0.2) is 4.79 Å². The molecule has 1 heterocycles. The van der Waals surface area contributed by atoms with Gasteiger partial charge in [0.2, 0.25) is 0 Å². The molecular formula is C20H21NO4S. The molecule has 2 aromatic carbocycles. The molecule has 26 heavy (non-hydrogen) atoms. The summed E-state index contributed by atoms with van der Waals surface area (Å²) in [5, 5.41) is 12.4. The Bertz CT molecular complexity index is 888. The molecule has 0 bridgehead atoms. The van der Waals surface area contributed by atoms with Crippen LogP contribution in [0.1, 0.15) is 30.3 Å². The van der Waals surface area contributed by atoms with E-state index in [0.29, 0.717) is 13.2 Å². The summed E-state index contributed by atoms with van der Waals surface area (Å²) >= 11 is 1.60. The molecule has 0 spiro atoms. The van der Waals surface area contributed by atoms with Crippen LogP contribution in [0.25, 0.3) is 10.1 Å². The maximum atomic E-state index is 10.8. The Morgan fingerprint density at radius 2 is 1.81 bits per heavy atom. The van der Waals surface area contributed by atoms with Gasteiger partial charge in [0.1, 0.15) is 18.1 Å². The third kappa shape index (κ3) is 4.46. The first kappa shape index (κ1) is 18.1. The molecule has 0 radical (unpaired) electrons. The molecule has 1 unspecified atom stereocenters. The lowest BCUT2D eigenvalue weighted by Crippen LogP contribution is -2.23. The predicted molar refractivity (Wildman–Crippen MR) is 103 cm³/mol. The molecule has 0 aliphatic heterocycles. The van der Waals surface area contributed by atoms with Gasteiger partial charge in [-0.15, -0.1) is 11.3 Å². The molecule has 0 aliphatic carbocycles. The molecule has 1 atom stereocenters. The maximum absolute atomic E-state index is 10.8. The van der Waals surface area contributed by atoms with Gasteiger partial charge >= 0.3 is 6.09 Å². The molecule has 0 fully saturated rings. The van der Waals surface area contributed by atoms with E-state index in [1.807, 2.05) is 56.3 Å². The fourth-order valence-corrected chi connectivity index (χ4v) is 3.69. The molecular weight excluding hydrogens is 350 g/mol. The lowest BCUT2D eigenvalue weighted by Gasteiger charge is -2.08. The Kier molecular flexibility index (Phi) is 5.63. The van der Waals surface area contributed by atoms with E-state index in [4.69, 9.17) is 14.6 Å². The lowest BCUT2D eigenvalue weighted by atomic mass is 10.1. The van der Waals surface area contributed by atoms with Crippen molar-refractivity contribution in [2.75, 3.05) is 6.61 Å². The first-order valence-electron chi connectivity index (χ1n) is 8.42. The van der Waals surface area contributed by atoms with E-state index in [0.717, 1.165) is 32.0 Å². The van der Waals surface area contributed by atoms with Crippen molar-refractivity contribution in [2.24, 2.45) is 0 Å². The SMILES string of the molecule is CCOc1ccc(OCc2ccc3sc(C(C)NC(=O)O)cc3c2)cc1. The van der Waals surface area contributed by atoms with Crippen molar-refractivity contribution in [1.82, 2.24) is 5.32 Å². The molecule has 136 valence electrons. The van der Waals surface area contributed by atoms with Crippen molar-refractivity contribution in [2.45, 2.75) is 26.5 Å². The third-order valence-corrected chi connectivity index (χ3v) is 5.21. The number of hydrogen-bond acceptors (Lipinski definition) is 4. The summed E-state index contributed by atoms with van der Waals surface area (Å²) in [7, 11) is 0. The van der Waals surface area contributed by atoms with Gasteiger partial charge < -0.3 is 19.9 Å². The summed E-state index contributed by atoms with van der Waals surface area (Å²) in [4.78, 5) is 11.8. The number of thiophene rings is 1. The summed E-state index contributed by atoms with van der Waals surface area (Å²) < 4.78 is 12.4. The van der Waals surface area contributed by atoms with Crippen molar-refractivity contribution < 1.29 is 19.4 Å². The Hall–Kier alpha value is -2.73. The van der Waals surface area contributed by atoms with Crippen LogP contribution in [0.4, 0.5) is 4.79 Å². The van der Waals surface area contributed by atoms with Crippen LogP contribution in [0, 0.1) is 0 Å². The van der Waals surface area contributed by atoms with Gasteiger partial charge in [0.15, 0.2) is 0 Å². The first-order valence-corrected chi connectivity index (χ1v) is 9.24. The number of carbonyl (C=O) groups is 1. The van der Waals surface area contributed by atoms with Gasteiger partial charge in [-0.05, 0) is 67.3 Å². The predicted octanol–water partition coefficient (Wildman–Crippen LogP) is 5.21. The number of amides is 1. The minimum atomic E-state index is -1.01. The van der Waals surface area contributed by atoms with Crippen LogP contribution in [0.5, 0.6) is 11.5 Å². The minimum Gasteiger partial charge on any atom is -0.494 e. The quantitative estimate of drug-likeness (QED) is 0.598. The van der Waals surface area contributed by atoms with Crippen molar-refractivity contribution in [3.8, 4) is 11.5 Å². The van der Waals surface area contributed by atoms with Gasteiger partial charge in [0.05, 0.1) is 12.6 Å². The first-order chi connectivity index (χ1) is 12.5. The average molecular weight is 371 g/mol. The summed E-state index contributed by atoms with van der Waals surface area (Å²) in [6, 6.07) is 15.5. The number of rotatable bonds is 7. The van der Waals surface area contributed by atoms with Crippen LogP contribution in [0.15, 0.2) is 48.5 Å². The second kappa shape index (κ2) is 8.10. The molecule has 0 aliphatic rings. The van der Waals surface area contributed by atoms with Crippen molar-refractivity contribution >= 4 is 27.5 Å². The standard InChI is InChI=1S/C20H21NO4S/c1-3-24-16-5-7-17(8-6-16)25-12-14-4-9-18-15(10-14)11-19(26-18)13(2)21-20(22)23/h4-11,13,21H,3,12H2,1-2H3,(H,22,23). The summed E-state index contributed by atoms with van der Waals surface area (Å²) in [6.07, 6.45) is -1.01. The summed E-state index contributed by atoms with van der Waals surface area (Å²) in [5.74, 6) is 1.62. The van der Waals surface area contributed by atoms with Crippen LogP contribution in [-0.2, 0) is 6.61 Å². The average Bonchev–Trinajstić information content (AvgIpc) is 3.04. The van der Waals surface area contributed by atoms with E-state index >= 15 is 0 Å². The number of fused-ring (bicyclic) bond motifs is 1. The molecule has 6 heteroatoms. The van der Waals surface area contributed by atoms with E-state index < -0.39 is 6.09 Å². The Morgan fingerprint density at radius 3 is 2.46 bits per heavy atom. The zero-order chi connectivity index (χ0) is 18.5. The largest absolute Gasteiger partial charge is 0.494 e. The summed E-state index contributed by atoms with van der Waals surface area (Å²) in [5.41, 5.74) is 1.06. The van der Waals surface area contributed by atoms with Gasteiger partial charge in [-0.1, -0.05) is 6.07 Å². The van der Waals surface area contributed by atoms with Gasteiger partial charge in [0.25, 0.3) is 0 Å². The fourth-order valence-electron chi connectivity index (χ4n) is 2.64. The molecule has 1 aromatic heterocycles. The van der Waals surface area contributed by atoms with E-state index in [9.17, 15) is 4.79 Å². The van der Waals surface area contributed by atoms with Gasteiger partial charge in [-0.3, -0.25) is 0 Å². The molecule has 0 saturated heterocycles. The Morgan fingerprint density at radius 1 is 1.12 bits per heavy atom. The highest BCUT2D eigenvalue weighted by Crippen LogP contribution is 2.31. The molecule has 3 rings (SSSR count). The van der Waals surface area contributed by atoms with Crippen LogP contribution < -0.4 is 14.8 Å². The Balaban J connectivity index is 1.67. The van der Waals surface area contributed by atoms with E-state index in [1.54, 1.807) is 11.3 Å². The second-order valence-electron chi connectivity index (χ2n) is 5.89. The monoisotopic (exact) mass is 371 g/mol. The number of nitrogens with one attached hydrogen (secondary N) is 1. The van der Waals surface area contributed by atoms with Crippen LogP contribution in [0.2, 0.25) is 0 Å². The zero-order valence-electron chi connectivity index (χ0n) is 14.7. The van der Waals surface area contributed by atoms with Crippen LogP contribution in [-0.4, -0.2) is 17.8 Å². The van der Waals surface area contributed by atoms with Crippen LogP contribution in [0.3, 0.4) is 0 Å². The summed E-state index contributed by atoms with van der Waals surface area (Å²) in [6.45, 7) is 4.91. The van der Waals surface area contributed by atoms with E-state index in [2.05, 4.69) is 11.4 Å².